The van der Waals surface area contributed by atoms with E-state index in [1.165, 1.54) is 16.9 Å². The third-order valence-electron chi connectivity index (χ3n) is 4.75. The number of nitriles is 1. The van der Waals surface area contributed by atoms with Crippen molar-refractivity contribution in [3.8, 4) is 17.6 Å². The highest BCUT2D eigenvalue weighted by Crippen LogP contribution is 2.25. The molecule has 9 heteroatoms. The Morgan fingerprint density at radius 3 is 2.81 bits per heavy atom. The molecule has 1 unspecified atom stereocenters. The summed E-state index contributed by atoms with van der Waals surface area (Å²) in [5.74, 6) is 0.730. The molecule has 0 saturated carbocycles. The molecule has 2 aromatic rings. The van der Waals surface area contributed by atoms with Gasteiger partial charge in [0, 0.05) is 31.4 Å². The topological polar surface area (TPSA) is 115 Å². The monoisotopic (exact) mass is 424 g/mol. The van der Waals surface area contributed by atoms with Crippen LogP contribution < -0.4 is 19.7 Å². The molecule has 0 aromatic heterocycles. The number of carbonyl (C=O) groups is 2. The molecular formula is C22H24N4O5. The molecule has 162 valence electrons. The minimum atomic E-state index is -0.815. The zero-order valence-electron chi connectivity index (χ0n) is 17.2. The summed E-state index contributed by atoms with van der Waals surface area (Å²) in [5, 5.41) is 22.1. The van der Waals surface area contributed by atoms with Gasteiger partial charge in [0.2, 0.25) is 0 Å². The van der Waals surface area contributed by atoms with Crippen LogP contribution in [0.25, 0.3) is 0 Å². The van der Waals surface area contributed by atoms with Crippen molar-refractivity contribution in [2.75, 3.05) is 44.8 Å². The number of urea groups is 1. The molecule has 1 heterocycles. The Morgan fingerprint density at radius 2 is 2.03 bits per heavy atom. The van der Waals surface area contributed by atoms with E-state index < -0.39 is 12.1 Å². The number of anilines is 1. The number of aliphatic hydroxyl groups is 1. The van der Waals surface area contributed by atoms with Gasteiger partial charge in [0.15, 0.2) is 0 Å². The first-order valence-electron chi connectivity index (χ1n) is 9.80. The highest BCUT2D eigenvalue weighted by molar-refractivity contribution is 6.12. The predicted molar refractivity (Wildman–Crippen MR) is 113 cm³/mol. The Kier molecular flexibility index (Phi) is 7.43. The van der Waals surface area contributed by atoms with E-state index in [4.69, 9.17) is 14.7 Å². The van der Waals surface area contributed by atoms with Gasteiger partial charge in [-0.3, -0.25) is 14.6 Å². The van der Waals surface area contributed by atoms with Crippen molar-refractivity contribution in [3.63, 3.8) is 0 Å². The highest BCUT2D eigenvalue weighted by Gasteiger charge is 2.36. The summed E-state index contributed by atoms with van der Waals surface area (Å²) in [6.45, 7) is 0.709. The molecule has 0 spiro atoms. The van der Waals surface area contributed by atoms with Gasteiger partial charge in [0.05, 0.1) is 12.7 Å². The van der Waals surface area contributed by atoms with E-state index in [0.717, 1.165) is 0 Å². The Labute approximate surface area is 180 Å². The predicted octanol–water partition coefficient (Wildman–Crippen LogP) is 1.36. The second-order valence-electron chi connectivity index (χ2n) is 6.89. The first kappa shape index (κ1) is 22.1. The summed E-state index contributed by atoms with van der Waals surface area (Å²) in [5.41, 5.74) is 0.993. The van der Waals surface area contributed by atoms with Crippen molar-refractivity contribution >= 4 is 17.6 Å². The molecule has 0 radical (unpaired) electrons. The Balaban J connectivity index is 1.43. The van der Waals surface area contributed by atoms with Crippen LogP contribution in [0.3, 0.4) is 0 Å². The molecule has 0 bridgehead atoms. The molecule has 2 aromatic carbocycles. The van der Waals surface area contributed by atoms with Crippen molar-refractivity contribution in [2.24, 2.45) is 0 Å². The van der Waals surface area contributed by atoms with Crippen LogP contribution in [-0.2, 0) is 4.79 Å². The van der Waals surface area contributed by atoms with Gasteiger partial charge < -0.3 is 19.9 Å². The van der Waals surface area contributed by atoms with Crippen molar-refractivity contribution in [3.05, 3.63) is 54.1 Å². The van der Waals surface area contributed by atoms with Gasteiger partial charge in [-0.15, -0.1) is 0 Å². The van der Waals surface area contributed by atoms with E-state index in [1.807, 2.05) is 6.07 Å². The second-order valence-corrected chi connectivity index (χ2v) is 6.89. The molecule has 3 rings (SSSR count). The van der Waals surface area contributed by atoms with Crippen molar-refractivity contribution < 1.29 is 24.2 Å². The van der Waals surface area contributed by atoms with E-state index in [0.29, 0.717) is 29.3 Å². The number of hydrogen-bond acceptors (Lipinski definition) is 7. The van der Waals surface area contributed by atoms with Gasteiger partial charge in [-0.2, -0.15) is 5.26 Å². The summed E-state index contributed by atoms with van der Waals surface area (Å²) < 4.78 is 10.7. The molecule has 1 aliphatic heterocycles. The lowest BCUT2D eigenvalue weighted by atomic mass is 10.2. The lowest BCUT2D eigenvalue weighted by molar-refractivity contribution is -0.124. The van der Waals surface area contributed by atoms with Crippen LogP contribution in [-0.4, -0.2) is 67.9 Å². The first-order valence-corrected chi connectivity index (χ1v) is 9.80. The van der Waals surface area contributed by atoms with Crippen LogP contribution in [0.15, 0.2) is 48.5 Å². The molecule has 0 aliphatic carbocycles. The zero-order valence-corrected chi connectivity index (χ0v) is 17.2. The molecular weight excluding hydrogens is 400 g/mol. The first-order chi connectivity index (χ1) is 15.0. The van der Waals surface area contributed by atoms with Crippen LogP contribution in [0.5, 0.6) is 11.5 Å². The van der Waals surface area contributed by atoms with Gasteiger partial charge in [0.25, 0.3) is 5.91 Å². The third-order valence-corrected chi connectivity index (χ3v) is 4.75. The van der Waals surface area contributed by atoms with Gasteiger partial charge >= 0.3 is 6.03 Å². The lowest BCUT2D eigenvalue weighted by Gasteiger charge is -2.18. The van der Waals surface area contributed by atoms with Gasteiger partial charge in [-0.25, -0.2) is 4.79 Å². The van der Waals surface area contributed by atoms with Crippen molar-refractivity contribution in [2.45, 2.75) is 6.10 Å². The summed E-state index contributed by atoms with van der Waals surface area (Å²) in [7, 11) is 1.54. The van der Waals surface area contributed by atoms with E-state index in [2.05, 4.69) is 5.32 Å². The maximum atomic E-state index is 12.6. The van der Waals surface area contributed by atoms with Crippen LogP contribution in [0.2, 0.25) is 0 Å². The fourth-order valence-corrected chi connectivity index (χ4v) is 3.13. The number of amides is 3. The maximum Gasteiger partial charge on any atom is 0.331 e. The van der Waals surface area contributed by atoms with Crippen LogP contribution in [0, 0.1) is 11.3 Å². The zero-order chi connectivity index (χ0) is 22.2. The standard InChI is InChI=1S/C22H24N4O5/c1-30-19-7-4-6-17(11-19)26-14-21(28)25(22(26)29)10-9-24-13-18(27)15-31-20-8-3-2-5-16(20)12-23/h2-8,11,18,24,27H,9-10,13-15H2,1H3. The third kappa shape index (κ3) is 5.51. The number of para-hydroxylation sites is 1. The summed E-state index contributed by atoms with van der Waals surface area (Å²) in [4.78, 5) is 27.5. The Morgan fingerprint density at radius 1 is 1.23 bits per heavy atom. The lowest BCUT2D eigenvalue weighted by Crippen LogP contribution is -2.40. The largest absolute Gasteiger partial charge is 0.497 e. The Hall–Kier alpha value is -3.61. The Bertz CT molecular complexity index is 974. The minimum absolute atomic E-state index is 0.0108. The number of imide groups is 1. The molecule has 9 nitrogen and oxygen atoms in total. The average Bonchev–Trinajstić information content (AvgIpc) is 3.08. The maximum absolute atomic E-state index is 12.6. The van der Waals surface area contributed by atoms with Crippen molar-refractivity contribution in [1.29, 1.82) is 5.26 Å². The highest BCUT2D eigenvalue weighted by atomic mass is 16.5. The smallest absolute Gasteiger partial charge is 0.331 e. The molecule has 1 saturated heterocycles. The van der Waals surface area contributed by atoms with Gasteiger partial charge in [-0.1, -0.05) is 18.2 Å². The van der Waals surface area contributed by atoms with Crippen LogP contribution in [0.1, 0.15) is 5.56 Å². The molecule has 1 aliphatic rings. The second kappa shape index (κ2) is 10.4. The summed E-state index contributed by atoms with van der Waals surface area (Å²) >= 11 is 0. The molecule has 1 fully saturated rings. The van der Waals surface area contributed by atoms with E-state index in [-0.39, 0.29) is 32.1 Å². The number of nitrogens with one attached hydrogen (secondary N) is 1. The molecule has 1 atom stereocenters. The summed E-state index contributed by atoms with van der Waals surface area (Å²) in [6.07, 6.45) is -0.815. The van der Waals surface area contributed by atoms with E-state index in [1.54, 1.807) is 48.5 Å². The number of methoxy groups -OCH3 is 1. The quantitative estimate of drug-likeness (QED) is 0.437. The molecule has 31 heavy (non-hydrogen) atoms. The molecule has 3 amide bonds. The molecule has 2 N–H and O–H groups in total. The van der Waals surface area contributed by atoms with Gasteiger partial charge in [0.1, 0.15) is 36.8 Å². The number of nitrogens with zero attached hydrogens (tertiary/aromatic N) is 3. The average molecular weight is 424 g/mol. The van der Waals surface area contributed by atoms with E-state index in [9.17, 15) is 14.7 Å². The van der Waals surface area contributed by atoms with E-state index >= 15 is 0 Å². The van der Waals surface area contributed by atoms with Crippen LogP contribution >= 0.6 is 0 Å². The normalized spacial score (nSPS) is 14.5. The number of ether oxygens (including phenoxy) is 2. The number of carbonyl (C=O) groups excluding carboxylic acids is 2. The summed E-state index contributed by atoms with van der Waals surface area (Å²) in [6, 6.07) is 15.4. The number of hydrogen-bond donors (Lipinski definition) is 2. The number of aliphatic hydroxyl groups excluding tert-OH is 1. The number of benzene rings is 2. The fourth-order valence-electron chi connectivity index (χ4n) is 3.13. The fraction of sp³-hybridized carbons (Fsp3) is 0.318. The minimum Gasteiger partial charge on any atom is -0.497 e. The number of rotatable bonds is 10. The van der Waals surface area contributed by atoms with Gasteiger partial charge in [-0.05, 0) is 24.3 Å². The van der Waals surface area contributed by atoms with Crippen molar-refractivity contribution in [1.82, 2.24) is 10.2 Å². The SMILES string of the molecule is COc1cccc(N2CC(=O)N(CCNCC(O)COc3ccccc3C#N)C2=O)c1. The van der Waals surface area contributed by atoms with Crippen LogP contribution in [0.4, 0.5) is 10.5 Å².